The highest BCUT2D eigenvalue weighted by Crippen LogP contribution is 1.95. The van der Waals surface area contributed by atoms with E-state index in [1.54, 1.807) is 19.0 Å². The zero-order chi connectivity index (χ0) is 11.1. The first-order valence-corrected chi connectivity index (χ1v) is 4.40. The predicted octanol–water partition coefficient (Wildman–Crippen LogP) is -3.94. The van der Waals surface area contributed by atoms with Crippen LogP contribution in [0.1, 0.15) is 12.8 Å². The molecule has 0 aliphatic heterocycles. The van der Waals surface area contributed by atoms with Gasteiger partial charge >= 0.3 is 5.97 Å². The Morgan fingerprint density at radius 1 is 1.53 bits per heavy atom. The van der Waals surface area contributed by atoms with Crippen molar-refractivity contribution in [3.8, 4) is 0 Å². The summed E-state index contributed by atoms with van der Waals surface area (Å²) in [5.41, 5.74) is 10.8. The van der Waals surface area contributed by atoms with Crippen molar-refractivity contribution in [3.63, 3.8) is 0 Å². The van der Waals surface area contributed by atoms with Crippen molar-refractivity contribution in [2.45, 2.75) is 18.9 Å². The molecule has 1 unspecified atom stereocenters. The summed E-state index contributed by atoms with van der Waals surface area (Å²) in [4.78, 5) is 16.1. The van der Waals surface area contributed by atoms with E-state index in [2.05, 4.69) is 4.99 Å². The van der Waals surface area contributed by atoms with E-state index in [1.807, 2.05) is 0 Å². The van der Waals surface area contributed by atoms with Crippen molar-refractivity contribution in [2.24, 2.45) is 16.5 Å². The minimum absolute atomic E-state index is 0. The van der Waals surface area contributed by atoms with Crippen LogP contribution in [0.5, 0.6) is 0 Å². The van der Waals surface area contributed by atoms with E-state index in [1.165, 1.54) is 0 Å². The van der Waals surface area contributed by atoms with Crippen LogP contribution in [0.3, 0.4) is 0 Å². The molecule has 0 rings (SSSR count). The highest BCUT2D eigenvalue weighted by atomic mass is 35.5. The van der Waals surface area contributed by atoms with Gasteiger partial charge < -0.3 is 33.9 Å². The second kappa shape index (κ2) is 8.31. The minimum Gasteiger partial charge on any atom is -1.00 e. The normalized spacial score (nSPS) is 12.9. The van der Waals surface area contributed by atoms with E-state index in [-0.39, 0.29) is 12.4 Å². The molecular formula is C8H18ClN4O2-. The Balaban J connectivity index is 0. The summed E-state index contributed by atoms with van der Waals surface area (Å²) in [5, 5.41) is 8.48. The third-order valence-corrected chi connectivity index (χ3v) is 1.72. The molecule has 1 atom stereocenters. The molecular weight excluding hydrogens is 220 g/mol. The van der Waals surface area contributed by atoms with Crippen LogP contribution < -0.4 is 23.9 Å². The zero-order valence-electron chi connectivity index (χ0n) is 8.98. The number of nitrogens with zero attached hydrogens (tertiary/aromatic N) is 2. The van der Waals surface area contributed by atoms with Crippen molar-refractivity contribution >= 4 is 11.9 Å². The zero-order valence-corrected chi connectivity index (χ0v) is 9.74. The Kier molecular flexibility index (Phi) is 9.10. The van der Waals surface area contributed by atoms with Gasteiger partial charge in [-0.3, -0.25) is 9.79 Å². The fraction of sp³-hybridized carbons (Fsp3) is 0.750. The van der Waals surface area contributed by atoms with Crippen molar-refractivity contribution in [3.05, 3.63) is 0 Å². The number of guanidine groups is 1. The van der Waals surface area contributed by atoms with Crippen LogP contribution in [0.15, 0.2) is 4.99 Å². The maximum absolute atomic E-state index is 10.3. The number of hydrogen-bond donors (Lipinski definition) is 3. The Hall–Kier alpha value is -1.01. The summed E-state index contributed by atoms with van der Waals surface area (Å²) < 4.78 is 0. The van der Waals surface area contributed by atoms with Gasteiger partial charge in [0.05, 0.1) is 0 Å². The lowest BCUT2D eigenvalue weighted by molar-refractivity contribution is -0.138. The van der Waals surface area contributed by atoms with Gasteiger partial charge in [0.2, 0.25) is 0 Å². The Labute approximate surface area is 95.7 Å². The number of nitrogens with two attached hydrogens (primary N) is 2. The van der Waals surface area contributed by atoms with Gasteiger partial charge in [-0.15, -0.1) is 0 Å². The number of carbonyl (C=O) groups is 1. The van der Waals surface area contributed by atoms with Crippen molar-refractivity contribution in [2.75, 3.05) is 20.6 Å². The second-order valence-corrected chi connectivity index (χ2v) is 3.22. The number of hydrogen-bond acceptors (Lipinski definition) is 3. The predicted molar refractivity (Wildman–Crippen MR) is 55.0 cm³/mol. The lowest BCUT2D eigenvalue weighted by Gasteiger charge is -2.10. The third-order valence-electron chi connectivity index (χ3n) is 1.72. The molecule has 0 bridgehead atoms. The van der Waals surface area contributed by atoms with Gasteiger partial charge in [0.1, 0.15) is 6.04 Å². The molecule has 6 nitrogen and oxygen atoms in total. The van der Waals surface area contributed by atoms with Gasteiger partial charge in [-0.1, -0.05) is 0 Å². The van der Waals surface area contributed by atoms with E-state index < -0.39 is 12.0 Å². The lowest BCUT2D eigenvalue weighted by Crippen LogP contribution is -3.00. The summed E-state index contributed by atoms with van der Waals surface area (Å²) in [6, 6.07) is -0.800. The molecule has 0 aromatic rings. The number of aliphatic carboxylic acids is 1. The molecule has 5 N–H and O–H groups in total. The van der Waals surface area contributed by atoms with Crippen LogP contribution in [-0.2, 0) is 4.79 Å². The molecule has 15 heavy (non-hydrogen) atoms. The highest BCUT2D eigenvalue weighted by molar-refractivity contribution is 5.77. The van der Waals surface area contributed by atoms with Gasteiger partial charge in [-0.05, 0) is 12.8 Å². The fourth-order valence-electron chi connectivity index (χ4n) is 0.770. The van der Waals surface area contributed by atoms with Crippen LogP contribution >= 0.6 is 0 Å². The molecule has 0 aromatic heterocycles. The molecule has 7 heteroatoms. The smallest absolute Gasteiger partial charge is 0.320 e. The average molecular weight is 238 g/mol. The van der Waals surface area contributed by atoms with Crippen molar-refractivity contribution < 1.29 is 22.3 Å². The minimum atomic E-state index is -0.977. The van der Waals surface area contributed by atoms with Crippen LogP contribution in [-0.4, -0.2) is 48.6 Å². The van der Waals surface area contributed by atoms with Crippen LogP contribution in [0, 0.1) is 0 Å². The fourth-order valence-corrected chi connectivity index (χ4v) is 0.770. The first-order chi connectivity index (χ1) is 6.45. The molecule has 0 aromatic carbocycles. The SMILES string of the molecule is CN(C)C(N)=NCCCC(N)C(=O)O.[Cl-]. The van der Waals surface area contributed by atoms with Gasteiger partial charge in [-0.2, -0.15) is 0 Å². The summed E-state index contributed by atoms with van der Waals surface area (Å²) in [6.45, 7) is 0.505. The number of aliphatic imine (C=N–C) groups is 1. The molecule has 0 amide bonds. The monoisotopic (exact) mass is 237 g/mol. The largest absolute Gasteiger partial charge is 1.00 e. The molecule has 0 aliphatic rings. The summed E-state index contributed by atoms with van der Waals surface area (Å²) in [5.74, 6) is -0.538. The Morgan fingerprint density at radius 2 is 2.07 bits per heavy atom. The molecule has 0 radical (unpaired) electrons. The molecule has 0 saturated carbocycles. The van der Waals surface area contributed by atoms with E-state index in [9.17, 15) is 4.79 Å². The number of rotatable bonds is 5. The van der Waals surface area contributed by atoms with Crippen LogP contribution in [0.2, 0.25) is 0 Å². The van der Waals surface area contributed by atoms with Crippen LogP contribution in [0.4, 0.5) is 0 Å². The summed E-state index contributed by atoms with van der Waals surface area (Å²) in [7, 11) is 3.59. The van der Waals surface area contributed by atoms with Gasteiger partial charge in [0, 0.05) is 20.6 Å². The van der Waals surface area contributed by atoms with Gasteiger partial charge in [0.25, 0.3) is 0 Å². The Morgan fingerprint density at radius 3 is 2.47 bits per heavy atom. The highest BCUT2D eigenvalue weighted by Gasteiger charge is 2.09. The first-order valence-electron chi connectivity index (χ1n) is 4.40. The van der Waals surface area contributed by atoms with E-state index in [0.29, 0.717) is 25.3 Å². The van der Waals surface area contributed by atoms with E-state index >= 15 is 0 Å². The number of carboxylic acids is 1. The molecule has 0 saturated heterocycles. The molecule has 0 aliphatic carbocycles. The second-order valence-electron chi connectivity index (χ2n) is 3.22. The quantitative estimate of drug-likeness (QED) is 0.257. The van der Waals surface area contributed by atoms with Gasteiger partial charge in [0.15, 0.2) is 5.96 Å². The molecule has 0 spiro atoms. The van der Waals surface area contributed by atoms with Crippen molar-refractivity contribution in [1.82, 2.24) is 4.90 Å². The summed E-state index contributed by atoms with van der Waals surface area (Å²) in [6.07, 6.45) is 1.04. The maximum atomic E-state index is 10.3. The third kappa shape index (κ3) is 8.02. The van der Waals surface area contributed by atoms with E-state index in [0.717, 1.165) is 0 Å². The number of carboxylic acid groups (broad SMARTS) is 1. The first kappa shape index (κ1) is 16.4. The molecule has 0 heterocycles. The topological polar surface area (TPSA) is 105 Å². The van der Waals surface area contributed by atoms with Gasteiger partial charge in [-0.25, -0.2) is 0 Å². The van der Waals surface area contributed by atoms with Crippen LogP contribution in [0.25, 0.3) is 0 Å². The summed E-state index contributed by atoms with van der Waals surface area (Å²) >= 11 is 0. The maximum Gasteiger partial charge on any atom is 0.320 e. The molecule has 90 valence electrons. The Bertz CT molecular complexity index is 221. The van der Waals surface area contributed by atoms with E-state index in [4.69, 9.17) is 16.6 Å². The lowest BCUT2D eigenvalue weighted by atomic mass is 10.2. The molecule has 0 fully saturated rings. The number of halogens is 1. The van der Waals surface area contributed by atoms with Crippen molar-refractivity contribution in [1.29, 1.82) is 0 Å². The average Bonchev–Trinajstić information content (AvgIpc) is 2.11. The standard InChI is InChI=1S/C8H18N4O2.ClH/c1-12(2)8(10)11-5-3-4-6(9)7(13)14;/h6H,3-5,9H2,1-2H3,(H2,10,11)(H,13,14);1H/p-1.